The number of carbonyl (C=O) groups is 1. The molecule has 0 aliphatic carbocycles. The van der Waals surface area contributed by atoms with E-state index in [1.54, 1.807) is 25.7 Å². The summed E-state index contributed by atoms with van der Waals surface area (Å²) in [5.41, 5.74) is -1.50. The van der Waals surface area contributed by atoms with Crippen molar-refractivity contribution in [2.24, 2.45) is 0 Å². The van der Waals surface area contributed by atoms with Crippen LogP contribution in [-0.2, 0) is 20.8 Å². The highest BCUT2D eigenvalue weighted by Crippen LogP contribution is 2.39. The molecule has 0 bridgehead atoms. The Morgan fingerprint density at radius 3 is 2.62 bits per heavy atom. The molecule has 1 aliphatic heterocycles. The lowest BCUT2D eigenvalue weighted by Crippen LogP contribution is -2.47. The lowest BCUT2D eigenvalue weighted by molar-refractivity contribution is -0.137. The highest BCUT2D eigenvalue weighted by molar-refractivity contribution is 7.90. The number of nitrogens with zero attached hydrogens (tertiary/aromatic N) is 3. The molecule has 0 saturated carbocycles. The van der Waals surface area contributed by atoms with Gasteiger partial charge in [-0.15, -0.1) is 0 Å². The second-order valence-corrected chi connectivity index (χ2v) is 12.1. The first kappa shape index (κ1) is 26.7. The summed E-state index contributed by atoms with van der Waals surface area (Å²) in [6.07, 6.45) is -0.693. The fourth-order valence-corrected chi connectivity index (χ4v) is 4.81. The summed E-state index contributed by atoms with van der Waals surface area (Å²) in [4.78, 5) is 25.0. The molecule has 2 aromatic heterocycles. The fourth-order valence-electron chi connectivity index (χ4n) is 4.17. The van der Waals surface area contributed by atoms with Crippen LogP contribution in [0, 0.1) is 0 Å². The smallest absolute Gasteiger partial charge is 0.419 e. The van der Waals surface area contributed by atoms with Gasteiger partial charge in [0.25, 0.3) is 0 Å². The third kappa shape index (κ3) is 6.14. The Bertz CT molecular complexity index is 1430. The molecule has 1 fully saturated rings. The summed E-state index contributed by atoms with van der Waals surface area (Å²) in [6.45, 7) is 6.12. The number of ether oxygens (including phenoxy) is 1. The van der Waals surface area contributed by atoms with E-state index in [4.69, 9.17) is 4.74 Å². The minimum absolute atomic E-state index is 0.0128. The van der Waals surface area contributed by atoms with Crippen molar-refractivity contribution in [1.82, 2.24) is 19.9 Å². The molecule has 3 aromatic rings. The number of piperidine rings is 1. The molecule has 200 valence electrons. The SMILES string of the molecule is CC(C)(C)OC(=O)N1CCC[C@H](Nc2ncc(C(F)(F)F)c(-c3c[nH]c4cc(S(C)(=O)=O)ccc34)n2)C1. The van der Waals surface area contributed by atoms with Crippen molar-refractivity contribution < 1.29 is 31.1 Å². The molecule has 1 saturated heterocycles. The van der Waals surface area contributed by atoms with Crippen molar-refractivity contribution in [2.75, 3.05) is 24.7 Å². The number of carbonyl (C=O) groups excluding carboxylic acids is 1. The summed E-state index contributed by atoms with van der Waals surface area (Å²) in [5, 5.41) is 3.44. The van der Waals surface area contributed by atoms with Gasteiger partial charge in [-0.1, -0.05) is 6.07 Å². The maximum absolute atomic E-state index is 13.9. The standard InChI is InChI=1S/C24H28F3N5O4S/c1-23(2,3)36-22(33)32-9-5-6-14(13-32)30-21-29-12-18(24(25,26)27)20(31-21)17-11-28-19-10-15(37(4,34)35)7-8-16(17)19/h7-8,10-12,14,28H,5-6,9,13H2,1-4H3,(H,29,30,31)/t14-/m0/s1. The van der Waals surface area contributed by atoms with Crippen LogP contribution in [0.3, 0.4) is 0 Å². The number of halogens is 3. The number of hydrogen-bond donors (Lipinski definition) is 2. The third-order valence-corrected chi connectivity index (χ3v) is 6.95. The van der Waals surface area contributed by atoms with Gasteiger partial charge in [-0.2, -0.15) is 13.2 Å². The first-order valence-corrected chi connectivity index (χ1v) is 13.5. The molecule has 4 rings (SSSR count). The van der Waals surface area contributed by atoms with Crippen LogP contribution in [0.2, 0.25) is 0 Å². The Morgan fingerprint density at radius 2 is 1.97 bits per heavy atom. The number of aromatic amines is 1. The molecule has 1 atom stereocenters. The third-order valence-electron chi connectivity index (χ3n) is 5.84. The highest BCUT2D eigenvalue weighted by atomic mass is 32.2. The molecule has 37 heavy (non-hydrogen) atoms. The molecule has 2 N–H and O–H groups in total. The van der Waals surface area contributed by atoms with Crippen molar-refractivity contribution in [3.05, 3.63) is 36.2 Å². The molecule has 0 spiro atoms. The first-order chi connectivity index (χ1) is 17.1. The zero-order valence-corrected chi connectivity index (χ0v) is 21.6. The monoisotopic (exact) mass is 539 g/mol. The van der Waals surface area contributed by atoms with Gasteiger partial charge in [-0.25, -0.2) is 23.2 Å². The number of alkyl halides is 3. The average molecular weight is 540 g/mol. The molecule has 0 unspecified atom stereocenters. The van der Waals surface area contributed by atoms with Crippen LogP contribution < -0.4 is 5.32 Å². The second kappa shape index (κ2) is 9.51. The quantitative estimate of drug-likeness (QED) is 0.486. The number of fused-ring (bicyclic) bond motifs is 1. The number of amides is 1. The molecule has 1 aliphatic rings. The normalized spacial score (nSPS) is 17.2. The van der Waals surface area contributed by atoms with E-state index >= 15 is 0 Å². The van der Waals surface area contributed by atoms with E-state index < -0.39 is 33.3 Å². The van der Waals surface area contributed by atoms with Crippen LogP contribution in [0.1, 0.15) is 39.2 Å². The maximum Gasteiger partial charge on any atom is 0.419 e. The largest absolute Gasteiger partial charge is 0.444 e. The van der Waals surface area contributed by atoms with Gasteiger partial charge >= 0.3 is 12.3 Å². The van der Waals surface area contributed by atoms with Crippen LogP contribution in [-0.4, -0.2) is 65.4 Å². The van der Waals surface area contributed by atoms with Crippen LogP contribution in [0.15, 0.2) is 35.5 Å². The van der Waals surface area contributed by atoms with Gasteiger partial charge in [0.2, 0.25) is 5.95 Å². The summed E-state index contributed by atoms with van der Waals surface area (Å²) >= 11 is 0. The number of anilines is 1. The molecule has 3 heterocycles. The molecular formula is C24H28F3N5O4S. The maximum atomic E-state index is 13.9. The van der Waals surface area contributed by atoms with Gasteiger partial charge in [0.05, 0.1) is 10.6 Å². The van der Waals surface area contributed by atoms with Crippen molar-refractivity contribution in [1.29, 1.82) is 0 Å². The van der Waals surface area contributed by atoms with E-state index in [9.17, 15) is 26.4 Å². The summed E-state index contributed by atoms with van der Waals surface area (Å²) in [7, 11) is -3.50. The molecule has 13 heteroatoms. The Balaban J connectivity index is 1.65. The van der Waals surface area contributed by atoms with Crippen molar-refractivity contribution in [3.63, 3.8) is 0 Å². The van der Waals surface area contributed by atoms with E-state index in [0.717, 1.165) is 12.5 Å². The van der Waals surface area contributed by atoms with Crippen molar-refractivity contribution >= 4 is 32.8 Å². The van der Waals surface area contributed by atoms with Gasteiger partial charge in [0.1, 0.15) is 11.2 Å². The molecule has 0 radical (unpaired) electrons. The summed E-state index contributed by atoms with van der Waals surface area (Å²) in [6, 6.07) is 3.88. The zero-order chi connectivity index (χ0) is 27.2. The predicted molar refractivity (Wildman–Crippen MR) is 132 cm³/mol. The van der Waals surface area contributed by atoms with E-state index in [1.165, 1.54) is 24.4 Å². The minimum Gasteiger partial charge on any atom is -0.444 e. The number of aromatic nitrogens is 3. The zero-order valence-electron chi connectivity index (χ0n) is 20.8. The van der Waals surface area contributed by atoms with Crippen LogP contribution in [0.5, 0.6) is 0 Å². The van der Waals surface area contributed by atoms with E-state index in [1.807, 2.05) is 0 Å². The van der Waals surface area contributed by atoms with Crippen LogP contribution >= 0.6 is 0 Å². The lowest BCUT2D eigenvalue weighted by atomic mass is 10.1. The Hall–Kier alpha value is -3.35. The Labute approximate surface area is 212 Å². The number of rotatable bonds is 4. The van der Waals surface area contributed by atoms with Gasteiger partial charge in [-0.05, 0) is 45.7 Å². The Kier molecular flexibility index (Phi) is 6.86. The van der Waals surface area contributed by atoms with Crippen molar-refractivity contribution in [2.45, 2.75) is 56.3 Å². The minimum atomic E-state index is -4.72. The van der Waals surface area contributed by atoms with E-state index in [2.05, 4.69) is 20.3 Å². The topological polar surface area (TPSA) is 117 Å². The molecule has 1 aromatic carbocycles. The predicted octanol–water partition coefficient (Wildman–Crippen LogP) is 4.86. The molecule has 9 nitrogen and oxygen atoms in total. The molecule has 1 amide bonds. The summed E-state index contributed by atoms with van der Waals surface area (Å²) < 4.78 is 70.8. The van der Waals surface area contributed by atoms with Crippen LogP contribution in [0.4, 0.5) is 23.9 Å². The first-order valence-electron chi connectivity index (χ1n) is 11.6. The average Bonchev–Trinajstić information content (AvgIpc) is 3.20. The number of hydrogen-bond acceptors (Lipinski definition) is 7. The lowest BCUT2D eigenvalue weighted by Gasteiger charge is -2.34. The van der Waals surface area contributed by atoms with Crippen molar-refractivity contribution in [3.8, 4) is 11.3 Å². The number of benzene rings is 1. The highest BCUT2D eigenvalue weighted by Gasteiger charge is 2.36. The van der Waals surface area contributed by atoms with Gasteiger partial charge in [0, 0.05) is 54.2 Å². The van der Waals surface area contributed by atoms with E-state index in [0.29, 0.717) is 30.3 Å². The molecular weight excluding hydrogens is 511 g/mol. The Morgan fingerprint density at radius 1 is 1.24 bits per heavy atom. The number of likely N-dealkylation sites (tertiary alicyclic amines) is 1. The number of sulfone groups is 1. The van der Waals surface area contributed by atoms with Gasteiger partial charge < -0.3 is 19.9 Å². The van der Waals surface area contributed by atoms with Gasteiger partial charge in [0.15, 0.2) is 9.84 Å². The number of nitrogens with one attached hydrogen (secondary N) is 2. The number of H-pyrrole nitrogens is 1. The summed E-state index contributed by atoms with van der Waals surface area (Å²) in [5.74, 6) is -0.0128. The van der Waals surface area contributed by atoms with Gasteiger partial charge in [-0.3, -0.25) is 0 Å². The second-order valence-electron chi connectivity index (χ2n) is 10.0. The fraction of sp³-hybridized carbons (Fsp3) is 0.458. The van der Waals surface area contributed by atoms with E-state index in [-0.39, 0.29) is 34.7 Å². The van der Waals surface area contributed by atoms with Crippen LogP contribution in [0.25, 0.3) is 22.2 Å².